The van der Waals surface area contributed by atoms with E-state index in [2.05, 4.69) is 17.3 Å². The van der Waals surface area contributed by atoms with Crippen LogP contribution in [0.1, 0.15) is 37.7 Å². The van der Waals surface area contributed by atoms with E-state index in [1.54, 1.807) is 6.26 Å². The van der Waals surface area contributed by atoms with Crippen molar-refractivity contribution in [2.24, 2.45) is 0 Å². The zero-order valence-electron chi connectivity index (χ0n) is 10.8. The van der Waals surface area contributed by atoms with Gasteiger partial charge in [0.2, 0.25) is 0 Å². The first-order valence-corrected chi connectivity index (χ1v) is 6.77. The fraction of sp³-hybridized carbons (Fsp3) is 0.714. The van der Waals surface area contributed by atoms with E-state index in [4.69, 9.17) is 4.42 Å². The summed E-state index contributed by atoms with van der Waals surface area (Å²) in [7, 11) is 2.18. The van der Waals surface area contributed by atoms with Crippen LogP contribution < -0.4 is 5.32 Å². The molecule has 2 heterocycles. The molecule has 1 N–H and O–H groups in total. The average Bonchev–Trinajstić information content (AvgIpc) is 2.83. The number of rotatable bonds is 6. The van der Waals surface area contributed by atoms with Crippen molar-refractivity contribution < 1.29 is 4.42 Å². The molecule has 96 valence electrons. The Kier molecular flexibility index (Phi) is 5.08. The molecule has 3 heteroatoms. The van der Waals surface area contributed by atoms with Gasteiger partial charge in [-0.1, -0.05) is 6.42 Å². The molecule has 0 spiro atoms. The molecule has 1 aromatic rings. The Labute approximate surface area is 104 Å². The molecule has 1 aromatic heterocycles. The van der Waals surface area contributed by atoms with E-state index in [0.29, 0.717) is 0 Å². The zero-order valence-corrected chi connectivity index (χ0v) is 10.8. The quantitative estimate of drug-likeness (QED) is 0.823. The molecule has 1 aliphatic rings. The van der Waals surface area contributed by atoms with Crippen LogP contribution in [-0.4, -0.2) is 31.1 Å². The molecule has 0 amide bonds. The number of nitrogens with zero attached hydrogens (tertiary/aromatic N) is 1. The summed E-state index contributed by atoms with van der Waals surface area (Å²) in [6.45, 7) is 3.38. The summed E-state index contributed by atoms with van der Waals surface area (Å²) in [6, 6.07) is 2.81. The number of hydrogen-bond acceptors (Lipinski definition) is 3. The van der Waals surface area contributed by atoms with Crippen LogP contribution >= 0.6 is 0 Å². The fourth-order valence-electron chi connectivity index (χ4n) is 2.55. The first-order chi connectivity index (χ1) is 8.34. The standard InChI is InChI=1S/C14H24N2O/c1-16(11-13-7-10-17-12-13)9-4-6-14-5-2-3-8-15-14/h7,10,12,14-15H,2-6,8-9,11H2,1H3. The maximum atomic E-state index is 5.08. The van der Waals surface area contributed by atoms with E-state index in [0.717, 1.165) is 12.6 Å². The summed E-state index contributed by atoms with van der Waals surface area (Å²) >= 11 is 0. The highest BCUT2D eigenvalue weighted by Gasteiger charge is 2.12. The summed E-state index contributed by atoms with van der Waals surface area (Å²) in [5, 5.41) is 3.60. The third-order valence-corrected chi connectivity index (χ3v) is 3.54. The molecule has 0 aliphatic carbocycles. The molecule has 0 saturated carbocycles. The Morgan fingerprint density at radius 2 is 2.41 bits per heavy atom. The van der Waals surface area contributed by atoms with Gasteiger partial charge in [0.05, 0.1) is 12.5 Å². The first kappa shape index (κ1) is 12.7. The average molecular weight is 236 g/mol. The van der Waals surface area contributed by atoms with E-state index in [1.807, 2.05) is 12.3 Å². The van der Waals surface area contributed by atoms with Crippen molar-refractivity contribution in [1.82, 2.24) is 10.2 Å². The van der Waals surface area contributed by atoms with Crippen molar-refractivity contribution in [2.75, 3.05) is 20.1 Å². The maximum Gasteiger partial charge on any atom is 0.0947 e. The van der Waals surface area contributed by atoms with Gasteiger partial charge in [0.1, 0.15) is 0 Å². The largest absolute Gasteiger partial charge is 0.472 e. The molecule has 1 atom stereocenters. The minimum atomic E-state index is 0.770. The Morgan fingerprint density at radius 3 is 3.12 bits per heavy atom. The molecule has 3 nitrogen and oxygen atoms in total. The molecule has 0 radical (unpaired) electrons. The molecule has 2 rings (SSSR count). The minimum Gasteiger partial charge on any atom is -0.472 e. The van der Waals surface area contributed by atoms with Crippen LogP contribution in [0.2, 0.25) is 0 Å². The van der Waals surface area contributed by atoms with Gasteiger partial charge in [-0.15, -0.1) is 0 Å². The molecule has 1 fully saturated rings. The minimum absolute atomic E-state index is 0.770. The van der Waals surface area contributed by atoms with Gasteiger partial charge < -0.3 is 14.6 Å². The van der Waals surface area contributed by atoms with Gasteiger partial charge in [-0.25, -0.2) is 0 Å². The monoisotopic (exact) mass is 236 g/mol. The van der Waals surface area contributed by atoms with Crippen molar-refractivity contribution in [3.63, 3.8) is 0 Å². The lowest BCUT2D eigenvalue weighted by Crippen LogP contribution is -2.34. The number of nitrogens with one attached hydrogen (secondary N) is 1. The lowest BCUT2D eigenvalue weighted by Gasteiger charge is -2.24. The number of piperidine rings is 1. The second-order valence-corrected chi connectivity index (χ2v) is 5.16. The van der Waals surface area contributed by atoms with Crippen molar-refractivity contribution in [2.45, 2.75) is 44.7 Å². The molecule has 17 heavy (non-hydrogen) atoms. The fourth-order valence-corrected chi connectivity index (χ4v) is 2.55. The maximum absolute atomic E-state index is 5.08. The Hall–Kier alpha value is -0.800. The highest BCUT2D eigenvalue weighted by molar-refractivity contribution is 5.04. The van der Waals surface area contributed by atoms with Crippen molar-refractivity contribution in [3.05, 3.63) is 24.2 Å². The molecule has 0 bridgehead atoms. The molecule has 1 saturated heterocycles. The van der Waals surface area contributed by atoms with Crippen LogP contribution in [0.3, 0.4) is 0 Å². The van der Waals surface area contributed by atoms with E-state index < -0.39 is 0 Å². The highest BCUT2D eigenvalue weighted by Crippen LogP contribution is 2.12. The van der Waals surface area contributed by atoms with Crippen LogP contribution in [0.25, 0.3) is 0 Å². The third-order valence-electron chi connectivity index (χ3n) is 3.54. The molecular formula is C14H24N2O. The van der Waals surface area contributed by atoms with E-state index in [1.165, 1.54) is 50.8 Å². The zero-order chi connectivity index (χ0) is 11.9. The van der Waals surface area contributed by atoms with Crippen LogP contribution in [0, 0.1) is 0 Å². The SMILES string of the molecule is CN(CCCC1CCCCN1)Cc1ccoc1. The third kappa shape index (κ3) is 4.52. The van der Waals surface area contributed by atoms with Gasteiger partial charge in [-0.2, -0.15) is 0 Å². The van der Waals surface area contributed by atoms with Crippen LogP contribution in [-0.2, 0) is 6.54 Å². The summed E-state index contributed by atoms with van der Waals surface area (Å²) in [5.74, 6) is 0. The van der Waals surface area contributed by atoms with Crippen LogP contribution in [0.4, 0.5) is 0 Å². The lowest BCUT2D eigenvalue weighted by molar-refractivity contribution is 0.296. The van der Waals surface area contributed by atoms with E-state index in [9.17, 15) is 0 Å². The molecule has 1 unspecified atom stereocenters. The topological polar surface area (TPSA) is 28.4 Å². The van der Waals surface area contributed by atoms with Crippen LogP contribution in [0.15, 0.2) is 23.0 Å². The highest BCUT2D eigenvalue weighted by atomic mass is 16.3. The van der Waals surface area contributed by atoms with Crippen molar-refractivity contribution in [3.8, 4) is 0 Å². The lowest BCUT2D eigenvalue weighted by atomic mass is 10.0. The second-order valence-electron chi connectivity index (χ2n) is 5.16. The number of hydrogen-bond donors (Lipinski definition) is 1. The van der Waals surface area contributed by atoms with Crippen LogP contribution in [0.5, 0.6) is 0 Å². The van der Waals surface area contributed by atoms with Crippen molar-refractivity contribution >= 4 is 0 Å². The van der Waals surface area contributed by atoms with Gasteiger partial charge in [-0.05, 0) is 51.9 Å². The van der Waals surface area contributed by atoms with Gasteiger partial charge in [0.25, 0.3) is 0 Å². The predicted molar refractivity (Wildman–Crippen MR) is 69.9 cm³/mol. The molecular weight excluding hydrogens is 212 g/mol. The Balaban J connectivity index is 1.58. The predicted octanol–water partition coefficient (Wildman–Crippen LogP) is 2.63. The van der Waals surface area contributed by atoms with Gasteiger partial charge in [0.15, 0.2) is 0 Å². The number of furan rings is 1. The first-order valence-electron chi connectivity index (χ1n) is 6.77. The second kappa shape index (κ2) is 6.82. The Morgan fingerprint density at radius 1 is 1.47 bits per heavy atom. The van der Waals surface area contributed by atoms with Crippen molar-refractivity contribution in [1.29, 1.82) is 0 Å². The molecule has 1 aliphatic heterocycles. The summed E-state index contributed by atoms with van der Waals surface area (Å²) < 4.78 is 5.08. The van der Waals surface area contributed by atoms with Gasteiger partial charge >= 0.3 is 0 Å². The summed E-state index contributed by atoms with van der Waals surface area (Å²) in [4.78, 5) is 2.37. The molecule has 0 aromatic carbocycles. The summed E-state index contributed by atoms with van der Waals surface area (Å²) in [5.41, 5.74) is 1.27. The summed E-state index contributed by atoms with van der Waals surface area (Å²) in [6.07, 6.45) is 10.3. The smallest absolute Gasteiger partial charge is 0.0947 e. The van der Waals surface area contributed by atoms with E-state index in [-0.39, 0.29) is 0 Å². The van der Waals surface area contributed by atoms with Gasteiger partial charge in [0, 0.05) is 18.2 Å². The van der Waals surface area contributed by atoms with Gasteiger partial charge in [-0.3, -0.25) is 0 Å². The normalized spacial score (nSPS) is 20.9. The Bertz CT molecular complexity index is 291. The van der Waals surface area contributed by atoms with E-state index >= 15 is 0 Å².